The van der Waals surface area contributed by atoms with E-state index in [1.54, 1.807) is 31.2 Å². The number of carbonyl (C=O) groups excluding carboxylic acids is 1. The molecule has 7 nitrogen and oxygen atoms in total. The second-order valence-electron chi connectivity index (χ2n) is 5.07. The van der Waals surface area contributed by atoms with E-state index < -0.39 is 0 Å². The number of aryl methyl sites for hydroxylation is 1. The van der Waals surface area contributed by atoms with Crippen molar-refractivity contribution < 1.29 is 9.53 Å². The van der Waals surface area contributed by atoms with Gasteiger partial charge in [0.1, 0.15) is 11.4 Å². The van der Waals surface area contributed by atoms with E-state index in [9.17, 15) is 9.59 Å². The Kier molecular flexibility index (Phi) is 5.75. The average Bonchev–Trinajstić information content (AvgIpc) is 2.50. The summed E-state index contributed by atoms with van der Waals surface area (Å²) in [7, 11) is 0. The summed E-state index contributed by atoms with van der Waals surface area (Å²) in [6.45, 7) is 5.47. The molecular formula is C15H18N4O3S. The van der Waals surface area contributed by atoms with E-state index in [1.165, 1.54) is 0 Å². The molecule has 2 rings (SSSR count). The zero-order valence-corrected chi connectivity index (χ0v) is 13.9. The molecule has 8 heteroatoms. The second-order valence-corrected chi connectivity index (χ2v) is 6.04. The molecule has 1 aromatic heterocycles. The smallest absolute Gasteiger partial charge is 0.273 e. The molecular weight excluding hydrogens is 316 g/mol. The number of hydrogen-bond donors (Lipinski definition) is 2. The van der Waals surface area contributed by atoms with Gasteiger partial charge in [-0.25, -0.2) is 0 Å². The number of aromatic nitrogens is 3. The first-order valence-electron chi connectivity index (χ1n) is 7.07. The van der Waals surface area contributed by atoms with Crippen LogP contribution in [0.2, 0.25) is 0 Å². The predicted octanol–water partition coefficient (Wildman–Crippen LogP) is 1.99. The van der Waals surface area contributed by atoms with Gasteiger partial charge in [-0.2, -0.15) is 0 Å². The second kappa shape index (κ2) is 7.77. The van der Waals surface area contributed by atoms with Crippen molar-refractivity contribution >= 4 is 23.4 Å². The van der Waals surface area contributed by atoms with Crippen molar-refractivity contribution in [2.45, 2.75) is 32.0 Å². The van der Waals surface area contributed by atoms with Crippen molar-refractivity contribution in [3.63, 3.8) is 0 Å². The molecule has 2 aromatic rings. The first-order valence-corrected chi connectivity index (χ1v) is 8.05. The van der Waals surface area contributed by atoms with E-state index >= 15 is 0 Å². The van der Waals surface area contributed by atoms with Crippen molar-refractivity contribution in [1.82, 2.24) is 15.2 Å². The van der Waals surface area contributed by atoms with Crippen LogP contribution in [0.4, 0.5) is 5.69 Å². The number of carbonyl (C=O) groups is 1. The summed E-state index contributed by atoms with van der Waals surface area (Å²) in [6.07, 6.45) is 0.101. The van der Waals surface area contributed by atoms with Crippen molar-refractivity contribution in [3.05, 3.63) is 40.3 Å². The summed E-state index contributed by atoms with van der Waals surface area (Å²) < 4.78 is 5.53. The van der Waals surface area contributed by atoms with E-state index in [0.717, 1.165) is 17.5 Å². The molecule has 0 fully saturated rings. The molecule has 0 unspecified atom stereocenters. The van der Waals surface area contributed by atoms with Crippen LogP contribution in [0.25, 0.3) is 0 Å². The number of benzene rings is 1. The van der Waals surface area contributed by atoms with E-state index in [1.807, 2.05) is 13.8 Å². The van der Waals surface area contributed by atoms with Crippen LogP contribution in [0, 0.1) is 6.92 Å². The highest BCUT2D eigenvalue weighted by Crippen LogP contribution is 2.17. The lowest BCUT2D eigenvalue weighted by molar-refractivity contribution is -0.113. The maximum absolute atomic E-state index is 11.9. The van der Waals surface area contributed by atoms with Crippen LogP contribution >= 0.6 is 11.8 Å². The Morgan fingerprint density at radius 2 is 2.00 bits per heavy atom. The SMILES string of the molecule is Cc1nnc(SCC(=O)Nc2ccc(OC(C)C)cc2)[nH]c1=O. The lowest BCUT2D eigenvalue weighted by Gasteiger charge is -2.10. The molecule has 1 aromatic carbocycles. The maximum Gasteiger partial charge on any atom is 0.273 e. The number of amides is 1. The van der Waals surface area contributed by atoms with Crippen LogP contribution < -0.4 is 15.6 Å². The maximum atomic E-state index is 11.9. The minimum absolute atomic E-state index is 0.101. The molecule has 1 heterocycles. The molecule has 0 saturated carbocycles. The summed E-state index contributed by atoms with van der Waals surface area (Å²) in [5.74, 6) is 0.674. The van der Waals surface area contributed by atoms with Crippen LogP contribution in [0.5, 0.6) is 5.75 Å². The lowest BCUT2D eigenvalue weighted by Crippen LogP contribution is -2.17. The van der Waals surface area contributed by atoms with Crippen molar-refractivity contribution in [3.8, 4) is 5.75 Å². The number of thioether (sulfide) groups is 1. The Morgan fingerprint density at radius 3 is 2.61 bits per heavy atom. The Labute approximate surface area is 137 Å². The Bertz CT molecular complexity index is 728. The van der Waals surface area contributed by atoms with Gasteiger partial charge in [0.2, 0.25) is 5.91 Å². The van der Waals surface area contributed by atoms with Crippen LogP contribution in [0.15, 0.2) is 34.2 Å². The quantitative estimate of drug-likeness (QED) is 0.784. The minimum Gasteiger partial charge on any atom is -0.491 e. The molecule has 2 N–H and O–H groups in total. The molecule has 1 amide bonds. The van der Waals surface area contributed by atoms with Crippen molar-refractivity contribution in [1.29, 1.82) is 0 Å². The van der Waals surface area contributed by atoms with Gasteiger partial charge in [-0.1, -0.05) is 11.8 Å². The number of H-pyrrole nitrogens is 1. The van der Waals surface area contributed by atoms with Crippen LogP contribution in [-0.4, -0.2) is 32.9 Å². The fourth-order valence-corrected chi connectivity index (χ4v) is 2.27. The number of rotatable bonds is 6. The van der Waals surface area contributed by atoms with E-state index in [0.29, 0.717) is 16.5 Å². The van der Waals surface area contributed by atoms with Gasteiger partial charge in [-0.05, 0) is 45.0 Å². The van der Waals surface area contributed by atoms with E-state index in [2.05, 4.69) is 20.5 Å². The lowest BCUT2D eigenvalue weighted by atomic mass is 10.3. The minimum atomic E-state index is -0.302. The van der Waals surface area contributed by atoms with Gasteiger partial charge in [0.15, 0.2) is 5.16 Å². The topological polar surface area (TPSA) is 97.0 Å². The molecule has 0 bridgehead atoms. The zero-order valence-electron chi connectivity index (χ0n) is 13.1. The van der Waals surface area contributed by atoms with Crippen LogP contribution in [0.3, 0.4) is 0 Å². The Balaban J connectivity index is 1.86. The molecule has 23 heavy (non-hydrogen) atoms. The first kappa shape index (κ1) is 17.0. The third-order valence-electron chi connectivity index (χ3n) is 2.69. The molecule has 0 aliphatic carbocycles. The van der Waals surface area contributed by atoms with Gasteiger partial charge in [-0.15, -0.1) is 10.2 Å². The van der Waals surface area contributed by atoms with Crippen molar-refractivity contribution in [2.24, 2.45) is 0 Å². The van der Waals surface area contributed by atoms with Crippen LogP contribution in [-0.2, 0) is 4.79 Å². The van der Waals surface area contributed by atoms with Gasteiger partial charge in [0, 0.05) is 5.69 Å². The van der Waals surface area contributed by atoms with E-state index in [4.69, 9.17) is 4.74 Å². The number of anilines is 1. The number of nitrogens with one attached hydrogen (secondary N) is 2. The fourth-order valence-electron chi connectivity index (χ4n) is 1.66. The summed E-state index contributed by atoms with van der Waals surface area (Å²) in [5, 5.41) is 10.6. The van der Waals surface area contributed by atoms with Gasteiger partial charge < -0.3 is 10.1 Å². The molecule has 0 aliphatic heterocycles. The van der Waals surface area contributed by atoms with Crippen LogP contribution in [0.1, 0.15) is 19.5 Å². The predicted molar refractivity (Wildman–Crippen MR) is 88.9 cm³/mol. The average molecular weight is 334 g/mol. The van der Waals surface area contributed by atoms with Gasteiger partial charge in [0.25, 0.3) is 5.56 Å². The Hall–Kier alpha value is -2.35. The summed E-state index contributed by atoms with van der Waals surface area (Å²) in [4.78, 5) is 25.9. The van der Waals surface area contributed by atoms with E-state index in [-0.39, 0.29) is 23.3 Å². The third kappa shape index (κ3) is 5.41. The van der Waals surface area contributed by atoms with Gasteiger partial charge in [0.05, 0.1) is 11.9 Å². The number of hydrogen-bond acceptors (Lipinski definition) is 6. The fraction of sp³-hybridized carbons (Fsp3) is 0.333. The number of ether oxygens (including phenoxy) is 1. The van der Waals surface area contributed by atoms with Crippen molar-refractivity contribution in [2.75, 3.05) is 11.1 Å². The van der Waals surface area contributed by atoms with Gasteiger partial charge >= 0.3 is 0 Å². The monoisotopic (exact) mass is 334 g/mol. The molecule has 0 aliphatic rings. The summed E-state index contributed by atoms with van der Waals surface area (Å²) in [6, 6.07) is 7.14. The number of aromatic amines is 1. The highest BCUT2D eigenvalue weighted by atomic mass is 32.2. The zero-order chi connectivity index (χ0) is 16.8. The largest absolute Gasteiger partial charge is 0.491 e. The highest BCUT2D eigenvalue weighted by Gasteiger charge is 2.07. The summed E-state index contributed by atoms with van der Waals surface area (Å²) >= 11 is 1.12. The molecule has 0 saturated heterocycles. The molecule has 0 radical (unpaired) electrons. The number of nitrogens with zero attached hydrogens (tertiary/aromatic N) is 2. The molecule has 0 spiro atoms. The first-order chi connectivity index (χ1) is 10.9. The Morgan fingerprint density at radius 1 is 1.30 bits per heavy atom. The normalized spacial score (nSPS) is 10.6. The third-order valence-corrected chi connectivity index (χ3v) is 3.55. The molecule has 122 valence electrons. The summed E-state index contributed by atoms with van der Waals surface area (Å²) in [5.41, 5.74) is 0.668. The highest BCUT2D eigenvalue weighted by molar-refractivity contribution is 7.99. The standard InChI is InChI=1S/C15H18N4O3S/c1-9(2)22-12-6-4-11(5-7-12)16-13(20)8-23-15-17-14(21)10(3)18-19-15/h4-7,9H,8H2,1-3H3,(H,16,20)(H,17,19,21). The van der Waals surface area contributed by atoms with Gasteiger partial charge in [-0.3, -0.25) is 14.6 Å². The molecule has 0 atom stereocenters.